The Hall–Kier alpha value is -3.35. The van der Waals surface area contributed by atoms with E-state index in [9.17, 15) is 9.18 Å². The molecule has 2 aromatic carbocycles. The molecule has 25 heavy (non-hydrogen) atoms. The summed E-state index contributed by atoms with van der Waals surface area (Å²) in [5.74, 6) is 0.858. The lowest BCUT2D eigenvalue weighted by Gasteiger charge is -2.09. The van der Waals surface area contributed by atoms with Crippen molar-refractivity contribution in [3.63, 3.8) is 0 Å². The topological polar surface area (TPSA) is 56.6 Å². The predicted molar refractivity (Wildman–Crippen MR) is 89.8 cm³/mol. The summed E-state index contributed by atoms with van der Waals surface area (Å²) in [4.78, 5) is 18.9. The summed E-state index contributed by atoms with van der Waals surface area (Å²) in [6, 6.07) is 14.8. The highest BCUT2D eigenvalue weighted by Gasteiger charge is 2.09. The van der Waals surface area contributed by atoms with Crippen LogP contribution in [0.3, 0.4) is 0 Å². The van der Waals surface area contributed by atoms with E-state index in [0.717, 1.165) is 10.4 Å². The second-order valence-electron chi connectivity index (χ2n) is 5.44. The summed E-state index contributed by atoms with van der Waals surface area (Å²) >= 11 is 0. The third-order valence-electron chi connectivity index (χ3n) is 3.30. The largest absolute Gasteiger partial charge is 0.457 e. The van der Waals surface area contributed by atoms with Crippen LogP contribution in [0.25, 0.3) is 11.3 Å². The Labute approximate surface area is 144 Å². The van der Waals surface area contributed by atoms with E-state index >= 15 is 0 Å². The van der Waals surface area contributed by atoms with E-state index in [0.29, 0.717) is 17.2 Å². The second-order valence-corrected chi connectivity index (χ2v) is 5.44. The Bertz CT molecular complexity index is 858. The highest BCUT2D eigenvalue weighted by molar-refractivity contribution is 5.67. The van der Waals surface area contributed by atoms with Crippen molar-refractivity contribution in [2.24, 2.45) is 0 Å². The molecule has 0 bridgehead atoms. The first-order valence-electron chi connectivity index (χ1n) is 7.50. The van der Waals surface area contributed by atoms with Gasteiger partial charge in [0.15, 0.2) is 0 Å². The fourth-order valence-corrected chi connectivity index (χ4v) is 2.01. The van der Waals surface area contributed by atoms with Crippen molar-refractivity contribution in [1.29, 1.82) is 0 Å². The molecule has 0 N–H and O–H groups in total. The smallest absolute Gasteiger partial charge is 0.435 e. The van der Waals surface area contributed by atoms with Gasteiger partial charge in [-0.2, -0.15) is 0 Å². The molecule has 1 aromatic heterocycles. The molecule has 0 saturated carbocycles. The highest BCUT2D eigenvalue weighted by Crippen LogP contribution is 2.25. The van der Waals surface area contributed by atoms with Gasteiger partial charge in [-0.25, -0.2) is 9.18 Å². The Morgan fingerprint density at radius 2 is 1.60 bits per heavy atom. The number of carbonyl (C=O) groups is 1. The molecule has 0 atom stereocenters. The van der Waals surface area contributed by atoms with Gasteiger partial charge in [-0.15, -0.1) is 5.10 Å². The molecule has 0 saturated heterocycles. The van der Waals surface area contributed by atoms with Gasteiger partial charge in [0.1, 0.15) is 17.3 Å². The summed E-state index contributed by atoms with van der Waals surface area (Å²) in [6.07, 6.45) is 1.04. The maximum Gasteiger partial charge on any atom is 0.435 e. The van der Waals surface area contributed by atoms with E-state index in [1.165, 1.54) is 17.0 Å². The summed E-state index contributed by atoms with van der Waals surface area (Å²) in [5.41, 5.74) is 1.49. The first-order chi connectivity index (χ1) is 12.0. The third kappa shape index (κ3) is 4.14. The second kappa shape index (κ2) is 7.04. The number of amides is 1. The Kier molecular flexibility index (Phi) is 4.65. The standard InChI is InChI=1S/C18H16FN3O3/c1-21(2)18(23)25-22-12-11-17(20-22)13-3-7-15(8-4-13)24-16-9-5-14(19)6-10-16/h3-12H,1-2H3. The van der Waals surface area contributed by atoms with Crippen LogP contribution in [0, 0.1) is 5.82 Å². The quantitative estimate of drug-likeness (QED) is 0.728. The van der Waals surface area contributed by atoms with Gasteiger partial charge in [-0.05, 0) is 54.6 Å². The van der Waals surface area contributed by atoms with E-state index < -0.39 is 6.09 Å². The zero-order valence-corrected chi connectivity index (χ0v) is 13.7. The van der Waals surface area contributed by atoms with Crippen molar-refractivity contribution in [3.8, 4) is 22.8 Å². The molecule has 1 heterocycles. The SMILES string of the molecule is CN(C)C(=O)On1ccc(-c2ccc(Oc3ccc(F)cc3)cc2)n1. The third-order valence-corrected chi connectivity index (χ3v) is 3.30. The van der Waals surface area contributed by atoms with Gasteiger partial charge in [-0.1, -0.05) is 4.85 Å². The van der Waals surface area contributed by atoms with E-state index in [2.05, 4.69) is 5.10 Å². The van der Waals surface area contributed by atoms with E-state index in [1.54, 1.807) is 50.6 Å². The maximum absolute atomic E-state index is 12.9. The van der Waals surface area contributed by atoms with Crippen LogP contribution >= 0.6 is 0 Å². The van der Waals surface area contributed by atoms with Crippen LogP contribution in [0.2, 0.25) is 0 Å². The average molecular weight is 341 g/mol. The molecular weight excluding hydrogens is 325 g/mol. The van der Waals surface area contributed by atoms with E-state index in [-0.39, 0.29) is 5.82 Å². The maximum atomic E-state index is 12.9. The summed E-state index contributed by atoms with van der Waals surface area (Å²) in [6.45, 7) is 0. The molecular formula is C18H16FN3O3. The molecule has 128 valence electrons. The number of nitrogens with zero attached hydrogens (tertiary/aromatic N) is 3. The number of benzene rings is 2. The molecule has 0 spiro atoms. The minimum Gasteiger partial charge on any atom is -0.457 e. The summed E-state index contributed by atoms with van der Waals surface area (Å²) < 4.78 is 18.5. The fraction of sp³-hybridized carbons (Fsp3) is 0.111. The molecule has 1 amide bonds. The number of rotatable bonds is 4. The van der Waals surface area contributed by atoms with Crippen molar-refractivity contribution < 1.29 is 18.8 Å². The highest BCUT2D eigenvalue weighted by atomic mass is 19.1. The minimum absolute atomic E-state index is 0.312. The van der Waals surface area contributed by atoms with Gasteiger partial charge in [-0.3, -0.25) is 4.84 Å². The number of carbonyl (C=O) groups excluding carboxylic acids is 1. The Morgan fingerprint density at radius 3 is 2.20 bits per heavy atom. The van der Waals surface area contributed by atoms with Crippen LogP contribution in [0.15, 0.2) is 60.8 Å². The summed E-state index contributed by atoms with van der Waals surface area (Å²) in [7, 11) is 3.18. The van der Waals surface area contributed by atoms with Gasteiger partial charge >= 0.3 is 6.09 Å². The number of ether oxygens (including phenoxy) is 1. The molecule has 3 rings (SSSR count). The lowest BCUT2D eigenvalue weighted by atomic mass is 10.1. The number of aromatic nitrogens is 2. The van der Waals surface area contributed by atoms with Gasteiger partial charge in [0.05, 0.1) is 11.9 Å². The molecule has 0 unspecified atom stereocenters. The van der Waals surface area contributed by atoms with Crippen molar-refractivity contribution in [1.82, 2.24) is 14.8 Å². The van der Waals surface area contributed by atoms with Crippen LogP contribution in [0.4, 0.5) is 9.18 Å². The first-order valence-corrected chi connectivity index (χ1v) is 7.50. The van der Waals surface area contributed by atoms with Crippen LogP contribution < -0.4 is 9.57 Å². The molecule has 0 aliphatic heterocycles. The number of halogens is 1. The Balaban J connectivity index is 1.69. The van der Waals surface area contributed by atoms with E-state index in [1.807, 2.05) is 12.1 Å². The zero-order valence-electron chi connectivity index (χ0n) is 13.7. The van der Waals surface area contributed by atoms with Crippen molar-refractivity contribution in [2.45, 2.75) is 0 Å². The minimum atomic E-state index is -0.516. The predicted octanol–water partition coefficient (Wildman–Crippen LogP) is 3.59. The van der Waals surface area contributed by atoms with Gasteiger partial charge in [0.2, 0.25) is 0 Å². The molecule has 0 fully saturated rings. The monoisotopic (exact) mass is 341 g/mol. The lowest BCUT2D eigenvalue weighted by Crippen LogP contribution is -2.31. The van der Waals surface area contributed by atoms with Crippen LogP contribution in [0.1, 0.15) is 0 Å². The molecule has 0 aliphatic rings. The molecule has 3 aromatic rings. The van der Waals surface area contributed by atoms with Gasteiger partial charge in [0, 0.05) is 19.7 Å². The Morgan fingerprint density at radius 1 is 1.00 bits per heavy atom. The van der Waals surface area contributed by atoms with Crippen molar-refractivity contribution in [2.75, 3.05) is 14.1 Å². The van der Waals surface area contributed by atoms with Crippen LogP contribution in [-0.2, 0) is 0 Å². The first kappa shape index (κ1) is 16.5. The van der Waals surface area contributed by atoms with Gasteiger partial charge in [0.25, 0.3) is 0 Å². The number of hydrogen-bond acceptors (Lipinski definition) is 4. The molecule has 6 nitrogen and oxygen atoms in total. The average Bonchev–Trinajstić information content (AvgIpc) is 3.06. The number of hydrogen-bond donors (Lipinski definition) is 0. The lowest BCUT2D eigenvalue weighted by molar-refractivity contribution is 0.0921. The van der Waals surface area contributed by atoms with Crippen LogP contribution in [-0.4, -0.2) is 35.0 Å². The zero-order chi connectivity index (χ0) is 17.8. The summed E-state index contributed by atoms with van der Waals surface area (Å²) in [5, 5.41) is 4.19. The fourth-order valence-electron chi connectivity index (χ4n) is 2.01. The van der Waals surface area contributed by atoms with Crippen molar-refractivity contribution in [3.05, 3.63) is 66.6 Å². The van der Waals surface area contributed by atoms with E-state index in [4.69, 9.17) is 9.57 Å². The molecule has 0 aliphatic carbocycles. The van der Waals surface area contributed by atoms with Crippen LogP contribution in [0.5, 0.6) is 11.5 Å². The van der Waals surface area contributed by atoms with Gasteiger partial charge < -0.3 is 9.64 Å². The molecule has 0 radical (unpaired) electrons. The molecule has 7 heteroatoms. The normalized spacial score (nSPS) is 10.4. The van der Waals surface area contributed by atoms with Crippen molar-refractivity contribution >= 4 is 6.09 Å².